The topological polar surface area (TPSA) is 69.7 Å². The summed E-state index contributed by atoms with van der Waals surface area (Å²) in [6.45, 7) is 5.48. The zero-order valence-electron chi connectivity index (χ0n) is 7.91. The van der Waals surface area contributed by atoms with Gasteiger partial charge in [-0.2, -0.15) is 0 Å². The molecule has 4 N–H and O–H groups in total. The maximum atomic E-state index is 9.04. The molecule has 0 spiro atoms. The fourth-order valence-electron chi connectivity index (χ4n) is 1.17. The molecular formula is C8H18N2O2. The van der Waals surface area contributed by atoms with Crippen molar-refractivity contribution in [3.63, 3.8) is 0 Å². The molecule has 72 valence electrons. The molecule has 0 aromatic heterocycles. The van der Waals surface area contributed by atoms with Gasteiger partial charge in [0.25, 0.3) is 0 Å². The minimum atomic E-state index is -2.27. The number of likely N-dealkylation sites (N-methyl/N-ethyl adjacent to an activating group) is 1. The van der Waals surface area contributed by atoms with Crippen molar-refractivity contribution >= 4 is 0 Å². The van der Waals surface area contributed by atoms with Crippen LogP contribution in [0.3, 0.4) is 0 Å². The molecule has 0 aliphatic heterocycles. The Hall–Kier alpha value is -0.420. The van der Waals surface area contributed by atoms with Crippen molar-refractivity contribution in [3.05, 3.63) is 12.2 Å². The van der Waals surface area contributed by atoms with Crippen LogP contribution in [0.2, 0.25) is 0 Å². The minimum Gasteiger partial charge on any atom is -0.350 e. The van der Waals surface area contributed by atoms with Crippen LogP contribution in [0.25, 0.3) is 0 Å². The minimum absolute atomic E-state index is 0.106. The summed E-state index contributed by atoms with van der Waals surface area (Å²) >= 11 is 0. The lowest BCUT2D eigenvalue weighted by Gasteiger charge is -2.30. The van der Waals surface area contributed by atoms with Crippen molar-refractivity contribution in [2.24, 2.45) is 5.73 Å². The fraction of sp³-hybridized carbons (Fsp3) is 0.750. The zero-order valence-corrected chi connectivity index (χ0v) is 7.91. The Labute approximate surface area is 73.3 Å². The molecule has 12 heavy (non-hydrogen) atoms. The first-order valence-electron chi connectivity index (χ1n) is 3.90. The van der Waals surface area contributed by atoms with Gasteiger partial charge in [-0.3, -0.25) is 5.73 Å². The van der Waals surface area contributed by atoms with E-state index in [2.05, 4.69) is 6.58 Å². The molecule has 0 heterocycles. The first-order valence-corrected chi connectivity index (χ1v) is 3.90. The molecule has 0 aliphatic rings. The summed E-state index contributed by atoms with van der Waals surface area (Å²) in [5, 5.41) is 18.1. The van der Waals surface area contributed by atoms with Gasteiger partial charge >= 0.3 is 0 Å². The van der Waals surface area contributed by atoms with Crippen molar-refractivity contribution in [1.82, 2.24) is 4.90 Å². The molecular weight excluding hydrogens is 156 g/mol. The SMILES string of the molecule is C=C(C(CC)N(C)C)C(N)(O)O. The third-order valence-electron chi connectivity index (χ3n) is 1.88. The molecule has 0 saturated heterocycles. The van der Waals surface area contributed by atoms with Crippen LogP contribution in [0.5, 0.6) is 0 Å². The lowest BCUT2D eigenvalue weighted by Crippen LogP contribution is -2.48. The molecule has 1 unspecified atom stereocenters. The van der Waals surface area contributed by atoms with Gasteiger partial charge in [0.2, 0.25) is 5.91 Å². The molecule has 4 heteroatoms. The van der Waals surface area contributed by atoms with Gasteiger partial charge in [0.05, 0.1) is 0 Å². The highest BCUT2D eigenvalue weighted by molar-refractivity contribution is 5.12. The van der Waals surface area contributed by atoms with Crippen LogP contribution in [0.4, 0.5) is 0 Å². The van der Waals surface area contributed by atoms with Crippen LogP contribution in [0.15, 0.2) is 12.2 Å². The Morgan fingerprint density at radius 1 is 1.58 bits per heavy atom. The Bertz CT molecular complexity index is 161. The molecule has 0 aromatic carbocycles. The summed E-state index contributed by atoms with van der Waals surface area (Å²) in [7, 11) is 3.68. The van der Waals surface area contributed by atoms with E-state index < -0.39 is 5.91 Å². The number of nitrogens with two attached hydrogens (primary N) is 1. The number of aliphatic hydroxyl groups is 2. The monoisotopic (exact) mass is 174 g/mol. The normalized spacial score (nSPS) is 14.9. The quantitative estimate of drug-likeness (QED) is 0.396. The zero-order chi connectivity index (χ0) is 9.94. The van der Waals surface area contributed by atoms with Crippen LogP contribution < -0.4 is 5.73 Å². The molecule has 0 radical (unpaired) electrons. The molecule has 0 saturated carbocycles. The Kier molecular flexibility index (Phi) is 3.86. The van der Waals surface area contributed by atoms with Gasteiger partial charge in [0.1, 0.15) is 0 Å². The summed E-state index contributed by atoms with van der Waals surface area (Å²) in [5.41, 5.74) is 5.30. The molecule has 4 nitrogen and oxygen atoms in total. The standard InChI is InChI=1S/C8H18N2O2/c1-5-7(10(3)4)6(2)8(9,11)12/h7,11-12H,2,5,9H2,1,3-4H3. The van der Waals surface area contributed by atoms with Crippen LogP contribution >= 0.6 is 0 Å². The predicted octanol–water partition coefficient (Wildman–Crippen LogP) is -0.520. The second-order valence-electron chi connectivity index (χ2n) is 3.14. The molecule has 1 atom stereocenters. The van der Waals surface area contributed by atoms with E-state index >= 15 is 0 Å². The summed E-state index contributed by atoms with van der Waals surface area (Å²) in [6.07, 6.45) is 0.742. The highest BCUT2D eigenvalue weighted by Crippen LogP contribution is 2.16. The van der Waals surface area contributed by atoms with Crippen LogP contribution in [-0.2, 0) is 0 Å². The first kappa shape index (κ1) is 11.6. The molecule has 0 fully saturated rings. The summed E-state index contributed by atoms with van der Waals surface area (Å²) in [5.74, 6) is -2.27. The Morgan fingerprint density at radius 3 is 2.08 bits per heavy atom. The number of rotatable bonds is 4. The van der Waals surface area contributed by atoms with Gasteiger partial charge in [-0.1, -0.05) is 13.5 Å². The molecule has 0 amide bonds. The van der Waals surface area contributed by atoms with Gasteiger partial charge in [-0.25, -0.2) is 0 Å². The van der Waals surface area contributed by atoms with E-state index in [4.69, 9.17) is 15.9 Å². The van der Waals surface area contributed by atoms with E-state index in [0.717, 1.165) is 6.42 Å². The largest absolute Gasteiger partial charge is 0.350 e. The second-order valence-corrected chi connectivity index (χ2v) is 3.14. The summed E-state index contributed by atoms with van der Waals surface area (Å²) in [4.78, 5) is 1.84. The van der Waals surface area contributed by atoms with Crippen LogP contribution in [-0.4, -0.2) is 41.2 Å². The number of hydrogen-bond acceptors (Lipinski definition) is 4. The Morgan fingerprint density at radius 2 is 2.00 bits per heavy atom. The number of nitrogens with zero attached hydrogens (tertiary/aromatic N) is 1. The summed E-state index contributed by atoms with van der Waals surface area (Å²) < 4.78 is 0. The van der Waals surface area contributed by atoms with E-state index in [0.29, 0.717) is 0 Å². The van der Waals surface area contributed by atoms with Crippen molar-refractivity contribution in [1.29, 1.82) is 0 Å². The highest BCUT2D eigenvalue weighted by atomic mass is 16.5. The first-order chi connectivity index (χ1) is 5.30. The van der Waals surface area contributed by atoms with Crippen LogP contribution in [0.1, 0.15) is 13.3 Å². The van der Waals surface area contributed by atoms with Crippen molar-refractivity contribution < 1.29 is 10.2 Å². The van der Waals surface area contributed by atoms with E-state index in [1.54, 1.807) is 0 Å². The van der Waals surface area contributed by atoms with Gasteiger partial charge in [0.15, 0.2) is 0 Å². The Balaban J connectivity index is 4.44. The third-order valence-corrected chi connectivity index (χ3v) is 1.88. The lowest BCUT2D eigenvalue weighted by molar-refractivity contribution is -0.128. The lowest BCUT2D eigenvalue weighted by atomic mass is 10.0. The number of hydrogen-bond donors (Lipinski definition) is 3. The van der Waals surface area contributed by atoms with Crippen molar-refractivity contribution in [3.8, 4) is 0 Å². The maximum Gasteiger partial charge on any atom is 0.245 e. The van der Waals surface area contributed by atoms with Gasteiger partial charge in [0, 0.05) is 11.6 Å². The molecule has 0 aliphatic carbocycles. The fourth-order valence-corrected chi connectivity index (χ4v) is 1.17. The average Bonchev–Trinajstić information content (AvgIpc) is 1.86. The predicted molar refractivity (Wildman–Crippen MR) is 48.3 cm³/mol. The third kappa shape index (κ3) is 2.91. The second kappa shape index (κ2) is 4.00. The van der Waals surface area contributed by atoms with E-state index in [1.807, 2.05) is 25.9 Å². The molecule has 0 aromatic rings. The van der Waals surface area contributed by atoms with Crippen molar-refractivity contribution in [2.45, 2.75) is 25.3 Å². The smallest absolute Gasteiger partial charge is 0.245 e. The van der Waals surface area contributed by atoms with E-state index in [9.17, 15) is 0 Å². The van der Waals surface area contributed by atoms with Crippen LogP contribution in [0, 0.1) is 0 Å². The molecule has 0 rings (SSSR count). The van der Waals surface area contributed by atoms with E-state index in [1.165, 1.54) is 0 Å². The van der Waals surface area contributed by atoms with E-state index in [-0.39, 0.29) is 11.6 Å². The average molecular weight is 174 g/mol. The molecule has 0 bridgehead atoms. The summed E-state index contributed by atoms with van der Waals surface area (Å²) in [6, 6.07) is -0.106. The maximum absolute atomic E-state index is 9.04. The van der Waals surface area contributed by atoms with Gasteiger partial charge in [-0.05, 0) is 20.5 Å². The highest BCUT2D eigenvalue weighted by Gasteiger charge is 2.28. The van der Waals surface area contributed by atoms with Gasteiger partial charge in [-0.15, -0.1) is 0 Å². The van der Waals surface area contributed by atoms with Gasteiger partial charge < -0.3 is 15.1 Å². The van der Waals surface area contributed by atoms with Crippen molar-refractivity contribution in [2.75, 3.05) is 14.1 Å².